The van der Waals surface area contributed by atoms with Crippen LogP contribution in [0.2, 0.25) is 5.02 Å². The number of ether oxygens (including phenoxy) is 3. The molecule has 48 heavy (non-hydrogen) atoms. The van der Waals surface area contributed by atoms with Gasteiger partial charge in [-0.25, -0.2) is 4.39 Å². The van der Waals surface area contributed by atoms with Crippen LogP contribution in [-0.4, -0.2) is 56.2 Å². The van der Waals surface area contributed by atoms with E-state index in [4.69, 9.17) is 21.1 Å². The fourth-order valence-electron chi connectivity index (χ4n) is 5.36. The lowest BCUT2D eigenvalue weighted by Crippen LogP contribution is -2.49. The first-order valence-corrected chi connectivity index (χ1v) is 15.5. The van der Waals surface area contributed by atoms with Gasteiger partial charge in [-0.15, -0.1) is 13.2 Å². The molecule has 6 nitrogen and oxygen atoms in total. The number of ketones is 1. The van der Waals surface area contributed by atoms with Crippen LogP contribution in [0, 0.1) is 5.82 Å². The van der Waals surface area contributed by atoms with Crippen LogP contribution < -0.4 is 10.1 Å². The molecule has 1 N–H and O–H groups in total. The first-order valence-electron chi connectivity index (χ1n) is 15.1. The second-order valence-electron chi connectivity index (χ2n) is 11.4. The molecule has 3 aromatic carbocycles. The first-order chi connectivity index (χ1) is 22.6. The van der Waals surface area contributed by atoms with Gasteiger partial charge < -0.3 is 19.5 Å². The molecule has 1 fully saturated rings. The van der Waals surface area contributed by atoms with Crippen molar-refractivity contribution in [3.63, 3.8) is 0 Å². The van der Waals surface area contributed by atoms with Crippen molar-refractivity contribution in [1.29, 1.82) is 0 Å². The van der Waals surface area contributed by atoms with Gasteiger partial charge in [-0.1, -0.05) is 48.0 Å². The molecule has 4 rings (SSSR count). The Kier molecular flexibility index (Phi) is 12.9. The summed E-state index contributed by atoms with van der Waals surface area (Å²) in [5, 5.41) is 3.59. The zero-order valence-electron chi connectivity index (χ0n) is 25.5. The van der Waals surface area contributed by atoms with Crippen molar-refractivity contribution in [2.24, 2.45) is 0 Å². The van der Waals surface area contributed by atoms with E-state index in [-0.39, 0.29) is 44.4 Å². The van der Waals surface area contributed by atoms with Gasteiger partial charge in [0.2, 0.25) is 0 Å². The Morgan fingerprint density at radius 2 is 1.62 bits per heavy atom. The van der Waals surface area contributed by atoms with Gasteiger partial charge in [-0.05, 0) is 65.4 Å². The number of esters is 1. The average Bonchev–Trinajstić information content (AvgIpc) is 3.02. The molecule has 1 saturated heterocycles. The van der Waals surface area contributed by atoms with Crippen molar-refractivity contribution in [1.82, 2.24) is 5.32 Å². The highest BCUT2D eigenvalue weighted by Crippen LogP contribution is 2.33. The fourth-order valence-corrected chi connectivity index (χ4v) is 5.49. The van der Waals surface area contributed by atoms with Gasteiger partial charge >= 0.3 is 18.5 Å². The lowest BCUT2D eigenvalue weighted by molar-refractivity contribution is -0.274. The minimum atomic E-state index is -4.85. The topological polar surface area (TPSA) is 73.9 Å². The van der Waals surface area contributed by atoms with Gasteiger partial charge in [0.15, 0.2) is 0 Å². The zero-order chi connectivity index (χ0) is 34.9. The third kappa shape index (κ3) is 12.1. The lowest BCUT2D eigenvalue weighted by Gasteiger charge is -2.30. The molecule has 0 saturated carbocycles. The van der Waals surface area contributed by atoms with Gasteiger partial charge in [0.05, 0.1) is 31.6 Å². The number of morpholine rings is 1. The summed E-state index contributed by atoms with van der Waals surface area (Å²) in [5.74, 6) is -2.58. The predicted molar refractivity (Wildman–Crippen MR) is 162 cm³/mol. The number of Topliss-reactive ketones (excluding diaryl/α,β-unsaturated/α-hetero) is 1. The number of halogens is 8. The maximum atomic E-state index is 15.0. The number of carbonyl (C=O) groups is 2. The molecule has 3 atom stereocenters. The summed E-state index contributed by atoms with van der Waals surface area (Å²) in [6, 6.07) is 16.1. The van der Waals surface area contributed by atoms with Crippen LogP contribution >= 0.6 is 11.6 Å². The maximum absolute atomic E-state index is 15.0. The molecular formula is C34H33ClF7NO5. The standard InChI is InChI=1S/C34H33ClF7NO5/c35-24-8-4-21(5-9-24)30(22-6-10-27(11-7-22)48-34(40,41)42)17-26(44)16-23-2-1-3-31(36)29(23)13-12-28-18-43-25(19-46-28)20-47-32(45)14-15-33(37,38)39/h1-11,25,28,30,43H,12-20H2/t25-,28+,30-/m0/s1. The van der Waals surface area contributed by atoms with Gasteiger partial charge in [-0.3, -0.25) is 9.59 Å². The zero-order valence-corrected chi connectivity index (χ0v) is 26.3. The minimum Gasteiger partial charge on any atom is -0.464 e. The van der Waals surface area contributed by atoms with Crippen LogP contribution in [0.5, 0.6) is 5.75 Å². The smallest absolute Gasteiger partial charge is 0.464 e. The average molecular weight is 704 g/mol. The summed E-state index contributed by atoms with van der Waals surface area (Å²) < 4.78 is 105. The van der Waals surface area contributed by atoms with E-state index in [9.17, 15) is 35.9 Å². The van der Waals surface area contributed by atoms with Crippen LogP contribution in [-0.2, 0) is 31.9 Å². The highest BCUT2D eigenvalue weighted by Gasteiger charge is 2.31. The molecule has 0 bridgehead atoms. The molecule has 0 aromatic heterocycles. The van der Waals surface area contributed by atoms with Gasteiger partial charge in [0.25, 0.3) is 0 Å². The SMILES string of the molecule is O=C(Cc1cccc(F)c1CC[C@@H]1CN[C@H](COC(=O)CCC(F)(F)F)CO1)C[C@@H](c1ccc(Cl)cc1)c1ccc(OC(F)(F)F)cc1. The van der Waals surface area contributed by atoms with Gasteiger partial charge in [0, 0.05) is 30.3 Å². The first kappa shape index (κ1) is 37.1. The number of carbonyl (C=O) groups excluding carboxylic acids is 2. The van der Waals surface area contributed by atoms with Crippen molar-refractivity contribution in [3.05, 3.63) is 99.8 Å². The Hall–Kier alpha value is -3.68. The number of hydrogen-bond donors (Lipinski definition) is 1. The number of nitrogens with one attached hydrogen (secondary N) is 1. The van der Waals surface area contributed by atoms with Crippen LogP contribution in [0.15, 0.2) is 66.7 Å². The monoisotopic (exact) mass is 703 g/mol. The molecule has 0 radical (unpaired) electrons. The molecule has 1 aliphatic heterocycles. The number of rotatable bonds is 14. The maximum Gasteiger partial charge on any atom is 0.573 e. The quantitative estimate of drug-likeness (QED) is 0.136. The van der Waals surface area contributed by atoms with Crippen molar-refractivity contribution in [2.45, 2.75) is 69.1 Å². The Morgan fingerprint density at radius 3 is 2.23 bits per heavy atom. The van der Waals surface area contributed by atoms with Crippen molar-refractivity contribution in [2.75, 3.05) is 19.8 Å². The summed E-state index contributed by atoms with van der Waals surface area (Å²) in [5.41, 5.74) is 2.15. The predicted octanol–water partition coefficient (Wildman–Crippen LogP) is 7.89. The molecule has 3 aromatic rings. The van der Waals surface area contributed by atoms with E-state index in [1.807, 2.05) is 0 Å². The van der Waals surface area contributed by atoms with Crippen LogP contribution in [0.4, 0.5) is 30.7 Å². The van der Waals surface area contributed by atoms with Crippen LogP contribution in [0.1, 0.15) is 53.9 Å². The molecule has 1 heterocycles. The molecule has 260 valence electrons. The third-order valence-corrected chi connectivity index (χ3v) is 8.02. The Morgan fingerprint density at radius 1 is 0.958 bits per heavy atom. The Labute approximate surface area is 277 Å². The highest BCUT2D eigenvalue weighted by molar-refractivity contribution is 6.30. The van der Waals surface area contributed by atoms with E-state index < -0.39 is 54.9 Å². The largest absolute Gasteiger partial charge is 0.573 e. The van der Waals surface area contributed by atoms with Crippen molar-refractivity contribution < 1.29 is 54.5 Å². The molecular weight excluding hydrogens is 671 g/mol. The normalized spacial score (nSPS) is 17.5. The fraction of sp³-hybridized carbons (Fsp3) is 0.412. The summed E-state index contributed by atoms with van der Waals surface area (Å²) in [6.45, 7) is 0.323. The summed E-state index contributed by atoms with van der Waals surface area (Å²) in [4.78, 5) is 25.0. The lowest BCUT2D eigenvalue weighted by atomic mass is 9.85. The highest BCUT2D eigenvalue weighted by atomic mass is 35.5. The van der Waals surface area contributed by atoms with E-state index in [1.54, 1.807) is 30.3 Å². The van der Waals surface area contributed by atoms with Gasteiger partial charge in [-0.2, -0.15) is 13.2 Å². The molecule has 0 spiro atoms. The molecule has 0 amide bonds. The van der Waals surface area contributed by atoms with Crippen LogP contribution in [0.3, 0.4) is 0 Å². The molecule has 0 unspecified atom stereocenters. The molecule has 0 aliphatic carbocycles. The molecule has 14 heteroatoms. The summed E-state index contributed by atoms with van der Waals surface area (Å²) in [6.07, 6.45) is -11.1. The number of benzene rings is 3. The number of hydrogen-bond acceptors (Lipinski definition) is 6. The van der Waals surface area contributed by atoms with E-state index in [2.05, 4.69) is 10.1 Å². The van der Waals surface area contributed by atoms with E-state index in [1.165, 1.54) is 36.4 Å². The summed E-state index contributed by atoms with van der Waals surface area (Å²) in [7, 11) is 0. The van der Waals surface area contributed by atoms with Crippen molar-refractivity contribution >= 4 is 23.4 Å². The second-order valence-corrected chi connectivity index (χ2v) is 11.9. The van der Waals surface area contributed by atoms with E-state index in [0.29, 0.717) is 40.2 Å². The number of alkyl halides is 6. The van der Waals surface area contributed by atoms with E-state index >= 15 is 4.39 Å². The van der Waals surface area contributed by atoms with Gasteiger partial charge in [0.1, 0.15) is 24.0 Å². The Bertz CT molecular complexity index is 1510. The second kappa shape index (κ2) is 16.6. The van der Waals surface area contributed by atoms with Crippen molar-refractivity contribution in [3.8, 4) is 5.75 Å². The minimum absolute atomic E-state index is 0.0190. The molecule has 1 aliphatic rings. The third-order valence-electron chi connectivity index (χ3n) is 7.77. The Balaban J connectivity index is 1.35. The summed E-state index contributed by atoms with van der Waals surface area (Å²) >= 11 is 6.04. The van der Waals surface area contributed by atoms with E-state index in [0.717, 1.165) is 0 Å². The van der Waals surface area contributed by atoms with Crippen LogP contribution in [0.25, 0.3) is 0 Å².